The lowest BCUT2D eigenvalue weighted by molar-refractivity contribution is 0.108. The molecule has 9 nitrogen and oxygen atoms in total. The Balaban J connectivity index is 1.44. The summed E-state index contributed by atoms with van der Waals surface area (Å²) in [6.45, 7) is 6.84. The topological polar surface area (TPSA) is 81.7 Å². The Bertz CT molecular complexity index is 826. The van der Waals surface area contributed by atoms with Crippen molar-refractivity contribution in [3.05, 3.63) is 22.6 Å². The molecular formula is C17H24N6O3S. The van der Waals surface area contributed by atoms with E-state index in [4.69, 9.17) is 26.1 Å². The molecule has 2 aliphatic heterocycles. The minimum absolute atomic E-state index is 0.164. The molecule has 0 bridgehead atoms. The van der Waals surface area contributed by atoms with Gasteiger partial charge in [0.2, 0.25) is 5.88 Å². The highest BCUT2D eigenvalue weighted by Gasteiger charge is 2.17. The third kappa shape index (κ3) is 4.38. The number of piperidine rings is 1. The first kappa shape index (κ1) is 18.2. The van der Waals surface area contributed by atoms with Crippen molar-refractivity contribution in [1.82, 2.24) is 19.9 Å². The Morgan fingerprint density at radius 3 is 2.67 bits per heavy atom. The average molecular weight is 392 g/mol. The fraction of sp³-hybridized carbons (Fsp3) is 0.647. The van der Waals surface area contributed by atoms with Crippen molar-refractivity contribution in [3.8, 4) is 5.88 Å². The summed E-state index contributed by atoms with van der Waals surface area (Å²) in [5, 5.41) is 6.42. The largest absolute Gasteiger partial charge is 0.467 e. The second kappa shape index (κ2) is 8.22. The van der Waals surface area contributed by atoms with Gasteiger partial charge in [0, 0.05) is 19.2 Å². The molecule has 0 aromatic carbocycles. The predicted molar refractivity (Wildman–Crippen MR) is 101 cm³/mol. The van der Waals surface area contributed by atoms with Crippen LogP contribution in [-0.2, 0) is 11.3 Å². The summed E-state index contributed by atoms with van der Waals surface area (Å²) >= 11 is 5.27. The molecule has 2 aromatic rings. The number of hydrogen-bond acceptors (Lipinski definition) is 9. The Morgan fingerprint density at radius 2 is 1.89 bits per heavy atom. The van der Waals surface area contributed by atoms with Crippen LogP contribution >= 0.6 is 12.2 Å². The monoisotopic (exact) mass is 392 g/mol. The van der Waals surface area contributed by atoms with Crippen molar-refractivity contribution in [3.63, 3.8) is 0 Å². The van der Waals surface area contributed by atoms with Crippen molar-refractivity contribution < 1.29 is 13.9 Å². The van der Waals surface area contributed by atoms with Gasteiger partial charge in [0.05, 0.1) is 26.3 Å². The predicted octanol–water partition coefficient (Wildman–Crippen LogP) is 1.84. The molecule has 0 aliphatic carbocycles. The molecule has 27 heavy (non-hydrogen) atoms. The summed E-state index contributed by atoms with van der Waals surface area (Å²) < 4.78 is 16.8. The van der Waals surface area contributed by atoms with Crippen LogP contribution in [0.5, 0.6) is 5.88 Å². The van der Waals surface area contributed by atoms with Gasteiger partial charge < -0.3 is 18.8 Å². The molecular weight excluding hydrogens is 368 g/mol. The van der Waals surface area contributed by atoms with E-state index in [1.807, 2.05) is 18.0 Å². The van der Waals surface area contributed by atoms with Crippen LogP contribution in [0.2, 0.25) is 0 Å². The lowest BCUT2D eigenvalue weighted by Crippen LogP contribution is -2.44. The Hall–Kier alpha value is -2.20. The maximum absolute atomic E-state index is 5.82. The molecule has 146 valence electrons. The van der Waals surface area contributed by atoms with Crippen LogP contribution < -0.4 is 14.6 Å². The van der Waals surface area contributed by atoms with E-state index >= 15 is 0 Å². The normalized spacial score (nSPS) is 18.0. The molecule has 2 aliphatic rings. The van der Waals surface area contributed by atoms with Gasteiger partial charge in [-0.2, -0.15) is 4.98 Å². The molecule has 0 unspecified atom stereocenters. The van der Waals surface area contributed by atoms with E-state index in [0.29, 0.717) is 35.6 Å². The summed E-state index contributed by atoms with van der Waals surface area (Å²) in [7, 11) is 0. The molecule has 10 heteroatoms. The first-order valence-electron chi connectivity index (χ1n) is 9.34. The average Bonchev–Trinajstić information content (AvgIpc) is 3.08. The van der Waals surface area contributed by atoms with Crippen molar-refractivity contribution in [2.24, 2.45) is 0 Å². The number of aryl methyl sites for hydroxylation is 1. The zero-order chi connectivity index (χ0) is 18.6. The molecule has 4 rings (SSSR count). The van der Waals surface area contributed by atoms with Crippen molar-refractivity contribution in [2.45, 2.75) is 32.8 Å². The van der Waals surface area contributed by atoms with Crippen molar-refractivity contribution >= 4 is 18.0 Å². The molecule has 0 spiro atoms. The van der Waals surface area contributed by atoms with Gasteiger partial charge in [-0.3, -0.25) is 5.01 Å². The number of nitrogens with zero attached hydrogens (tertiary/aromatic N) is 6. The molecule has 0 N–H and O–H groups in total. The summed E-state index contributed by atoms with van der Waals surface area (Å²) in [4.78, 5) is 13.1. The Labute approximate surface area is 162 Å². The zero-order valence-corrected chi connectivity index (χ0v) is 16.3. The maximum Gasteiger partial charge on any atom is 0.307 e. The molecule has 0 amide bonds. The smallest absolute Gasteiger partial charge is 0.307 e. The molecule has 2 saturated heterocycles. The van der Waals surface area contributed by atoms with Crippen molar-refractivity contribution in [1.29, 1.82) is 0 Å². The van der Waals surface area contributed by atoms with E-state index in [9.17, 15) is 0 Å². The maximum atomic E-state index is 5.82. The quantitative estimate of drug-likeness (QED) is 0.708. The van der Waals surface area contributed by atoms with Gasteiger partial charge in [0.25, 0.3) is 5.89 Å². The lowest BCUT2D eigenvalue weighted by atomic mass is 10.1. The minimum atomic E-state index is 0.164. The number of ether oxygens (including phenoxy) is 2. The van der Waals surface area contributed by atoms with Gasteiger partial charge in [-0.15, -0.1) is 9.89 Å². The van der Waals surface area contributed by atoms with Crippen LogP contribution in [0.4, 0.5) is 5.82 Å². The van der Waals surface area contributed by atoms with Gasteiger partial charge in [-0.05, 0) is 38.4 Å². The molecule has 2 fully saturated rings. The number of morpholine rings is 1. The summed E-state index contributed by atoms with van der Waals surface area (Å²) in [6.07, 6.45) is 3.66. The number of aromatic nitrogens is 4. The van der Waals surface area contributed by atoms with Crippen LogP contribution in [0, 0.1) is 11.8 Å². The highest BCUT2D eigenvalue weighted by Crippen LogP contribution is 2.22. The fourth-order valence-electron chi connectivity index (χ4n) is 3.31. The molecule has 0 atom stereocenters. The molecule has 0 saturated carbocycles. The van der Waals surface area contributed by atoms with E-state index in [-0.39, 0.29) is 6.61 Å². The Morgan fingerprint density at radius 1 is 1.11 bits per heavy atom. The first-order valence-corrected chi connectivity index (χ1v) is 9.75. The van der Waals surface area contributed by atoms with Gasteiger partial charge in [-0.25, -0.2) is 4.98 Å². The standard InChI is InChI=1S/C17H24N6O3S/c1-13-18-14(21-5-3-2-4-6-21)11-15(19-13)25-12-16-20-23(17(27)26-16)22-7-9-24-10-8-22/h11H,2-10,12H2,1H3. The summed E-state index contributed by atoms with van der Waals surface area (Å²) in [5.41, 5.74) is 0. The lowest BCUT2D eigenvalue weighted by Gasteiger charge is -2.27. The minimum Gasteiger partial charge on any atom is -0.467 e. The number of rotatable bonds is 5. The van der Waals surface area contributed by atoms with Gasteiger partial charge >= 0.3 is 4.84 Å². The van der Waals surface area contributed by atoms with Crippen LogP contribution in [-0.4, -0.2) is 59.3 Å². The van der Waals surface area contributed by atoms with Crippen LogP contribution in [0.3, 0.4) is 0 Å². The van der Waals surface area contributed by atoms with E-state index in [2.05, 4.69) is 20.0 Å². The first-order chi connectivity index (χ1) is 13.2. The van der Waals surface area contributed by atoms with Crippen LogP contribution in [0.25, 0.3) is 0 Å². The molecule has 0 radical (unpaired) electrons. The SMILES string of the molecule is Cc1nc(OCc2nn(N3CCOCC3)c(=S)o2)cc(N2CCCCC2)n1. The van der Waals surface area contributed by atoms with Gasteiger partial charge in [-0.1, -0.05) is 0 Å². The molecule has 4 heterocycles. The molecule has 2 aromatic heterocycles. The van der Waals surface area contributed by atoms with Crippen molar-refractivity contribution in [2.75, 3.05) is 49.3 Å². The van der Waals surface area contributed by atoms with Crippen LogP contribution in [0.1, 0.15) is 31.0 Å². The number of anilines is 1. The van der Waals surface area contributed by atoms with E-state index in [1.165, 1.54) is 19.3 Å². The number of hydrogen-bond donors (Lipinski definition) is 0. The van der Waals surface area contributed by atoms with E-state index in [1.54, 1.807) is 4.79 Å². The summed E-state index contributed by atoms with van der Waals surface area (Å²) in [6, 6.07) is 1.88. The summed E-state index contributed by atoms with van der Waals surface area (Å²) in [5.74, 6) is 2.54. The second-order valence-electron chi connectivity index (χ2n) is 6.67. The van der Waals surface area contributed by atoms with E-state index < -0.39 is 0 Å². The fourth-order valence-corrected chi connectivity index (χ4v) is 3.56. The highest BCUT2D eigenvalue weighted by atomic mass is 32.1. The Kier molecular flexibility index (Phi) is 5.53. The van der Waals surface area contributed by atoms with Gasteiger partial charge in [0.15, 0.2) is 6.61 Å². The highest BCUT2D eigenvalue weighted by molar-refractivity contribution is 7.71. The zero-order valence-electron chi connectivity index (χ0n) is 15.5. The van der Waals surface area contributed by atoms with Crippen LogP contribution in [0.15, 0.2) is 10.5 Å². The van der Waals surface area contributed by atoms with E-state index in [0.717, 1.165) is 32.0 Å². The third-order valence-electron chi connectivity index (χ3n) is 4.65. The third-order valence-corrected chi connectivity index (χ3v) is 4.90. The second-order valence-corrected chi connectivity index (χ2v) is 7.01. The van der Waals surface area contributed by atoms with Gasteiger partial charge in [0.1, 0.15) is 11.6 Å².